The number of alkyl halides is 1. The number of nitrogens with one attached hydrogen (secondary N) is 2. The number of fused-ring (bicyclic) bond motifs is 1. The van der Waals surface area contributed by atoms with E-state index < -0.39 is 6.17 Å². The van der Waals surface area contributed by atoms with Gasteiger partial charge in [-0.2, -0.15) is 0 Å². The summed E-state index contributed by atoms with van der Waals surface area (Å²) in [5.74, 6) is 0.768. The Balaban J connectivity index is 1.84. The molecule has 1 saturated heterocycles. The van der Waals surface area contributed by atoms with E-state index in [4.69, 9.17) is 0 Å². The number of nitrogens with zero attached hydrogens (tertiary/aromatic N) is 3. The van der Waals surface area contributed by atoms with Gasteiger partial charge in [0, 0.05) is 24.8 Å². The first-order chi connectivity index (χ1) is 9.63. The molecule has 1 fully saturated rings. The van der Waals surface area contributed by atoms with E-state index in [0.717, 1.165) is 22.5 Å². The minimum atomic E-state index is -0.741. The van der Waals surface area contributed by atoms with Crippen molar-refractivity contribution in [1.82, 2.24) is 20.3 Å². The van der Waals surface area contributed by atoms with Gasteiger partial charge in [-0.3, -0.25) is 0 Å². The SMILES string of the molecule is Cc1cc(C)c2c(NC[C@@H]3C[C@H](F)CN3)ncnc2n1. The molecule has 0 unspecified atom stereocenters. The van der Waals surface area contributed by atoms with Crippen molar-refractivity contribution in [3.8, 4) is 0 Å². The maximum atomic E-state index is 13.1. The molecule has 1 aliphatic rings. The minimum Gasteiger partial charge on any atom is -0.368 e. The summed E-state index contributed by atoms with van der Waals surface area (Å²) in [5.41, 5.74) is 2.73. The van der Waals surface area contributed by atoms with Crippen LogP contribution in [0.2, 0.25) is 0 Å². The molecule has 5 nitrogen and oxygen atoms in total. The largest absolute Gasteiger partial charge is 0.368 e. The van der Waals surface area contributed by atoms with E-state index in [1.54, 1.807) is 0 Å². The van der Waals surface area contributed by atoms with Gasteiger partial charge in [0.1, 0.15) is 18.3 Å². The molecule has 0 aliphatic carbocycles. The molecule has 0 saturated carbocycles. The lowest BCUT2D eigenvalue weighted by molar-refractivity contribution is 0.356. The first kappa shape index (κ1) is 13.2. The number of aryl methyl sites for hydroxylation is 2. The van der Waals surface area contributed by atoms with Gasteiger partial charge in [0.15, 0.2) is 5.65 Å². The van der Waals surface area contributed by atoms with Crippen molar-refractivity contribution in [1.29, 1.82) is 0 Å². The normalized spacial score (nSPS) is 22.4. The Kier molecular flexibility index (Phi) is 3.48. The quantitative estimate of drug-likeness (QED) is 0.893. The van der Waals surface area contributed by atoms with Crippen LogP contribution in [-0.4, -0.2) is 40.3 Å². The van der Waals surface area contributed by atoms with Crippen molar-refractivity contribution in [2.45, 2.75) is 32.5 Å². The number of hydrogen-bond acceptors (Lipinski definition) is 5. The van der Waals surface area contributed by atoms with Gasteiger partial charge in [-0.1, -0.05) is 0 Å². The van der Waals surface area contributed by atoms with Crippen LogP contribution < -0.4 is 10.6 Å². The highest BCUT2D eigenvalue weighted by atomic mass is 19.1. The summed E-state index contributed by atoms with van der Waals surface area (Å²) < 4.78 is 13.1. The molecule has 0 spiro atoms. The molecule has 2 aromatic heterocycles. The predicted octanol–water partition coefficient (Wildman–Crippen LogP) is 1.75. The molecule has 0 radical (unpaired) electrons. The van der Waals surface area contributed by atoms with E-state index in [1.165, 1.54) is 6.33 Å². The molecule has 2 aromatic rings. The fourth-order valence-corrected chi connectivity index (χ4v) is 2.69. The lowest BCUT2D eigenvalue weighted by Gasteiger charge is -2.14. The third kappa shape index (κ3) is 2.56. The Morgan fingerprint density at radius 2 is 2.25 bits per heavy atom. The monoisotopic (exact) mass is 275 g/mol. The van der Waals surface area contributed by atoms with Crippen LogP contribution in [0.25, 0.3) is 11.0 Å². The summed E-state index contributed by atoms with van der Waals surface area (Å²) in [6, 6.07) is 2.16. The summed E-state index contributed by atoms with van der Waals surface area (Å²) in [7, 11) is 0. The molecule has 20 heavy (non-hydrogen) atoms. The van der Waals surface area contributed by atoms with Gasteiger partial charge in [-0.05, 0) is 31.9 Å². The second kappa shape index (κ2) is 5.28. The Morgan fingerprint density at radius 1 is 1.40 bits per heavy atom. The van der Waals surface area contributed by atoms with Crippen LogP contribution in [0, 0.1) is 13.8 Å². The Bertz CT molecular complexity index is 630. The zero-order valence-electron chi connectivity index (χ0n) is 11.7. The van der Waals surface area contributed by atoms with Crippen LogP contribution in [-0.2, 0) is 0 Å². The number of hydrogen-bond donors (Lipinski definition) is 2. The highest BCUT2D eigenvalue weighted by Gasteiger charge is 2.23. The minimum absolute atomic E-state index is 0.147. The smallest absolute Gasteiger partial charge is 0.165 e. The summed E-state index contributed by atoms with van der Waals surface area (Å²) in [6.45, 7) is 5.07. The molecule has 2 atom stereocenters. The summed E-state index contributed by atoms with van der Waals surface area (Å²) in [6.07, 6.45) is 1.32. The lowest BCUT2D eigenvalue weighted by atomic mass is 10.1. The van der Waals surface area contributed by atoms with Crippen LogP contribution in [0.15, 0.2) is 12.4 Å². The van der Waals surface area contributed by atoms with Crippen molar-refractivity contribution in [2.75, 3.05) is 18.4 Å². The van der Waals surface area contributed by atoms with Gasteiger partial charge in [-0.25, -0.2) is 19.3 Å². The van der Waals surface area contributed by atoms with Crippen molar-refractivity contribution < 1.29 is 4.39 Å². The summed E-state index contributed by atoms with van der Waals surface area (Å²) >= 11 is 0. The predicted molar refractivity (Wildman–Crippen MR) is 76.6 cm³/mol. The van der Waals surface area contributed by atoms with Crippen LogP contribution in [0.5, 0.6) is 0 Å². The van der Waals surface area contributed by atoms with Crippen molar-refractivity contribution in [2.24, 2.45) is 0 Å². The Labute approximate surface area is 117 Å². The number of pyridine rings is 1. The molecule has 0 amide bonds. The summed E-state index contributed by atoms with van der Waals surface area (Å²) in [5, 5.41) is 7.38. The van der Waals surface area contributed by atoms with E-state index in [0.29, 0.717) is 25.2 Å². The fraction of sp³-hybridized carbons (Fsp3) is 0.500. The van der Waals surface area contributed by atoms with Crippen LogP contribution in [0.1, 0.15) is 17.7 Å². The number of aromatic nitrogens is 3. The lowest BCUT2D eigenvalue weighted by Crippen LogP contribution is -2.29. The maximum Gasteiger partial charge on any atom is 0.165 e. The third-order valence-corrected chi connectivity index (χ3v) is 3.61. The fourth-order valence-electron chi connectivity index (χ4n) is 2.69. The molecule has 2 N–H and O–H groups in total. The molecule has 6 heteroatoms. The van der Waals surface area contributed by atoms with Crippen molar-refractivity contribution in [3.63, 3.8) is 0 Å². The number of rotatable bonds is 3. The molecule has 3 rings (SSSR count). The molecular formula is C14H18FN5. The first-order valence-electron chi connectivity index (χ1n) is 6.84. The molecule has 1 aliphatic heterocycles. The molecule has 0 bridgehead atoms. The number of anilines is 1. The van der Waals surface area contributed by atoms with E-state index in [9.17, 15) is 4.39 Å². The van der Waals surface area contributed by atoms with E-state index in [-0.39, 0.29) is 6.04 Å². The van der Waals surface area contributed by atoms with Gasteiger partial charge >= 0.3 is 0 Å². The van der Waals surface area contributed by atoms with E-state index >= 15 is 0 Å². The summed E-state index contributed by atoms with van der Waals surface area (Å²) in [4.78, 5) is 12.9. The third-order valence-electron chi connectivity index (χ3n) is 3.61. The van der Waals surface area contributed by atoms with Crippen LogP contribution in [0.4, 0.5) is 10.2 Å². The maximum absolute atomic E-state index is 13.1. The molecule has 0 aromatic carbocycles. The van der Waals surface area contributed by atoms with Crippen molar-refractivity contribution in [3.05, 3.63) is 23.7 Å². The highest BCUT2D eigenvalue weighted by Crippen LogP contribution is 2.22. The topological polar surface area (TPSA) is 62.7 Å². The van der Waals surface area contributed by atoms with Gasteiger partial charge in [0.05, 0.1) is 5.39 Å². The van der Waals surface area contributed by atoms with Gasteiger partial charge in [0.25, 0.3) is 0 Å². The highest BCUT2D eigenvalue weighted by molar-refractivity contribution is 5.89. The molecule has 3 heterocycles. The Hall–Kier alpha value is -1.82. The second-order valence-electron chi connectivity index (χ2n) is 5.32. The van der Waals surface area contributed by atoms with Gasteiger partial charge in [-0.15, -0.1) is 0 Å². The number of halogens is 1. The Morgan fingerprint density at radius 3 is 3.00 bits per heavy atom. The van der Waals surface area contributed by atoms with E-state index in [1.807, 2.05) is 19.9 Å². The second-order valence-corrected chi connectivity index (χ2v) is 5.32. The zero-order chi connectivity index (χ0) is 14.1. The average Bonchev–Trinajstić information content (AvgIpc) is 2.81. The van der Waals surface area contributed by atoms with Gasteiger partial charge < -0.3 is 10.6 Å². The van der Waals surface area contributed by atoms with Gasteiger partial charge in [0.2, 0.25) is 0 Å². The molecule has 106 valence electrons. The molecular weight excluding hydrogens is 257 g/mol. The standard InChI is InChI=1S/C14H18FN5/c1-8-3-9(2)20-14-12(8)13(18-7-19-14)17-6-11-4-10(15)5-16-11/h3,7,10-11,16H,4-6H2,1-2H3,(H,17,18,19,20)/t10-,11-/m0/s1. The van der Waals surface area contributed by atoms with Crippen LogP contribution in [0.3, 0.4) is 0 Å². The first-order valence-corrected chi connectivity index (χ1v) is 6.84. The van der Waals surface area contributed by atoms with Crippen molar-refractivity contribution >= 4 is 16.9 Å². The zero-order valence-corrected chi connectivity index (χ0v) is 11.7. The van der Waals surface area contributed by atoms with Crippen LogP contribution >= 0.6 is 0 Å². The average molecular weight is 275 g/mol. The van der Waals surface area contributed by atoms with E-state index in [2.05, 4.69) is 25.6 Å².